The summed E-state index contributed by atoms with van der Waals surface area (Å²) in [5.74, 6) is -1.41. The fourth-order valence-electron chi connectivity index (χ4n) is 4.16. The Bertz CT molecular complexity index is 1060. The molecule has 0 N–H and O–H groups in total. The van der Waals surface area contributed by atoms with E-state index in [1.54, 1.807) is 0 Å². The highest BCUT2D eigenvalue weighted by Crippen LogP contribution is 2.27. The Morgan fingerprint density at radius 1 is 1.24 bits per heavy atom. The molecule has 3 heterocycles. The monoisotopic (exact) mass is 457 g/mol. The second-order valence-corrected chi connectivity index (χ2v) is 7.88. The first-order chi connectivity index (χ1) is 15.9. The molecule has 4 rings (SSSR count). The number of nitrogens with zero attached hydrogens (tertiary/aromatic N) is 5. The Labute approximate surface area is 188 Å². The van der Waals surface area contributed by atoms with Crippen LogP contribution in [0.5, 0.6) is 0 Å². The van der Waals surface area contributed by atoms with E-state index in [-0.39, 0.29) is 43.7 Å². The van der Waals surface area contributed by atoms with E-state index < -0.39 is 28.9 Å². The van der Waals surface area contributed by atoms with Crippen molar-refractivity contribution in [2.75, 3.05) is 19.7 Å². The number of nitro groups is 1. The molecule has 1 atom stereocenters. The number of carbonyl (C=O) groups is 3. The third-order valence-electron chi connectivity index (χ3n) is 5.86. The summed E-state index contributed by atoms with van der Waals surface area (Å²) in [7, 11) is 1.40. The molecule has 0 aliphatic carbocycles. The molecule has 0 unspecified atom stereocenters. The van der Waals surface area contributed by atoms with Crippen molar-refractivity contribution < 1.29 is 28.8 Å². The van der Waals surface area contributed by atoms with Gasteiger partial charge in [-0.05, 0) is 23.3 Å². The Kier molecular flexibility index (Phi) is 6.24. The molecule has 2 saturated heterocycles. The molecule has 174 valence electrons. The van der Waals surface area contributed by atoms with E-state index in [0.29, 0.717) is 12.8 Å². The second kappa shape index (κ2) is 9.27. The molecule has 12 heteroatoms. The van der Waals surface area contributed by atoms with Gasteiger partial charge in [-0.1, -0.05) is 35.4 Å². The number of benzene rings is 1. The largest absolute Gasteiger partial charge is 0.459 e. The summed E-state index contributed by atoms with van der Waals surface area (Å²) in [6.07, 6.45) is 1.39. The van der Waals surface area contributed by atoms with Crippen molar-refractivity contribution >= 4 is 23.8 Å². The summed E-state index contributed by atoms with van der Waals surface area (Å²) in [4.78, 5) is 51.3. The van der Waals surface area contributed by atoms with Crippen molar-refractivity contribution in [3.63, 3.8) is 0 Å². The van der Waals surface area contributed by atoms with Crippen LogP contribution in [-0.4, -0.2) is 74.3 Å². The molecule has 1 aromatic heterocycles. The van der Waals surface area contributed by atoms with Gasteiger partial charge in [0.1, 0.15) is 20.3 Å². The van der Waals surface area contributed by atoms with E-state index >= 15 is 0 Å². The van der Waals surface area contributed by atoms with Crippen molar-refractivity contribution in [1.82, 2.24) is 19.6 Å². The Balaban J connectivity index is 1.38. The lowest BCUT2D eigenvalue weighted by Crippen LogP contribution is -2.52. The van der Waals surface area contributed by atoms with Crippen LogP contribution < -0.4 is 0 Å². The molecule has 0 bridgehead atoms. The maximum Gasteiger partial charge on any atom is 0.410 e. The van der Waals surface area contributed by atoms with Crippen LogP contribution in [-0.2, 0) is 27.9 Å². The zero-order valence-corrected chi connectivity index (χ0v) is 18.0. The van der Waals surface area contributed by atoms with Gasteiger partial charge in [-0.15, -0.1) is 4.68 Å². The van der Waals surface area contributed by atoms with Crippen LogP contribution in [0.4, 0.5) is 10.6 Å². The normalized spacial score (nSPS) is 18.8. The van der Waals surface area contributed by atoms with Crippen LogP contribution in [0.2, 0.25) is 0 Å². The first kappa shape index (κ1) is 22.2. The summed E-state index contributed by atoms with van der Waals surface area (Å²) >= 11 is 0. The molecule has 33 heavy (non-hydrogen) atoms. The molecule has 2 aliphatic heterocycles. The minimum absolute atomic E-state index is 0.0797. The SMILES string of the molecule is Cn1ncc(C(=O)N2CCC(N3C(=O)OC[C@H]3C(=O)OCc3ccccc3)CC2)c1[N+](=O)[O-]. The molecule has 0 saturated carbocycles. The zero-order chi connectivity index (χ0) is 23.5. The number of aryl methyl sites for hydroxylation is 1. The average molecular weight is 457 g/mol. The lowest BCUT2D eigenvalue weighted by molar-refractivity contribution is -0.392. The molecule has 2 amide bonds. The van der Waals surface area contributed by atoms with Gasteiger partial charge < -0.3 is 24.5 Å². The van der Waals surface area contributed by atoms with Crippen LogP contribution in [0.25, 0.3) is 0 Å². The van der Waals surface area contributed by atoms with Crippen molar-refractivity contribution in [2.24, 2.45) is 7.05 Å². The molecule has 0 spiro atoms. The van der Waals surface area contributed by atoms with Crippen LogP contribution >= 0.6 is 0 Å². The van der Waals surface area contributed by atoms with Crippen molar-refractivity contribution in [2.45, 2.75) is 31.5 Å². The van der Waals surface area contributed by atoms with Crippen molar-refractivity contribution in [1.29, 1.82) is 0 Å². The fraction of sp³-hybridized carbons (Fsp3) is 0.429. The van der Waals surface area contributed by atoms with Crippen molar-refractivity contribution in [3.8, 4) is 0 Å². The Morgan fingerprint density at radius 3 is 2.61 bits per heavy atom. The van der Waals surface area contributed by atoms with Gasteiger partial charge in [0.15, 0.2) is 11.6 Å². The number of likely N-dealkylation sites (tertiary alicyclic amines) is 1. The number of piperidine rings is 1. The van der Waals surface area contributed by atoms with Gasteiger partial charge in [0.05, 0.1) is 6.20 Å². The van der Waals surface area contributed by atoms with Crippen molar-refractivity contribution in [3.05, 3.63) is 57.8 Å². The van der Waals surface area contributed by atoms with Crippen LogP contribution in [0.1, 0.15) is 28.8 Å². The number of cyclic esters (lactones) is 1. The highest BCUT2D eigenvalue weighted by molar-refractivity contribution is 5.97. The van der Waals surface area contributed by atoms with E-state index in [4.69, 9.17) is 9.47 Å². The summed E-state index contributed by atoms with van der Waals surface area (Å²) in [5, 5.41) is 15.1. The summed E-state index contributed by atoms with van der Waals surface area (Å²) < 4.78 is 11.5. The predicted molar refractivity (Wildman–Crippen MR) is 112 cm³/mol. The zero-order valence-electron chi connectivity index (χ0n) is 18.0. The maximum absolute atomic E-state index is 12.8. The Morgan fingerprint density at radius 2 is 1.94 bits per heavy atom. The lowest BCUT2D eigenvalue weighted by atomic mass is 10.0. The number of hydrogen-bond acceptors (Lipinski definition) is 8. The standard InChI is InChI=1S/C21H23N5O7/c1-23-18(26(30)31)16(11-22-23)19(27)24-9-7-15(8-10-24)25-17(13-33-21(25)29)20(28)32-12-14-5-3-2-4-6-14/h2-6,11,15,17H,7-10,12-13H2,1H3/t17-/m0/s1. The van der Waals surface area contributed by atoms with Gasteiger partial charge in [0.2, 0.25) is 0 Å². The smallest absolute Gasteiger partial charge is 0.410 e. The van der Waals surface area contributed by atoms with Gasteiger partial charge in [0, 0.05) is 19.1 Å². The molecule has 2 aromatic rings. The van der Waals surface area contributed by atoms with Gasteiger partial charge in [0.25, 0.3) is 5.91 Å². The van der Waals surface area contributed by atoms with E-state index in [9.17, 15) is 24.5 Å². The molecule has 0 radical (unpaired) electrons. The van der Waals surface area contributed by atoms with E-state index in [1.165, 1.54) is 23.0 Å². The first-order valence-electron chi connectivity index (χ1n) is 10.5. The van der Waals surface area contributed by atoms with E-state index in [2.05, 4.69) is 5.10 Å². The molecule has 2 aliphatic rings. The number of carbonyl (C=O) groups excluding carboxylic acids is 3. The van der Waals surface area contributed by atoms with E-state index in [0.717, 1.165) is 10.2 Å². The molecule has 2 fully saturated rings. The number of esters is 1. The fourth-order valence-corrected chi connectivity index (χ4v) is 4.16. The number of hydrogen-bond donors (Lipinski definition) is 0. The van der Waals surface area contributed by atoms with E-state index in [1.807, 2.05) is 30.3 Å². The van der Waals surface area contributed by atoms with Crippen LogP contribution in [0.3, 0.4) is 0 Å². The molecule has 1 aromatic carbocycles. The first-order valence-corrected chi connectivity index (χ1v) is 10.5. The summed E-state index contributed by atoms with van der Waals surface area (Å²) in [5.41, 5.74) is 0.753. The predicted octanol–water partition coefficient (Wildman–Crippen LogP) is 1.50. The number of amides is 2. The topological polar surface area (TPSA) is 137 Å². The summed E-state index contributed by atoms with van der Waals surface area (Å²) in [6, 6.07) is 8.04. The quantitative estimate of drug-likeness (QED) is 0.361. The maximum atomic E-state index is 12.8. The third-order valence-corrected chi connectivity index (χ3v) is 5.86. The minimum Gasteiger partial charge on any atom is -0.459 e. The lowest BCUT2D eigenvalue weighted by Gasteiger charge is -2.37. The van der Waals surface area contributed by atoms with Gasteiger partial charge in [-0.2, -0.15) is 0 Å². The van der Waals surface area contributed by atoms with Gasteiger partial charge in [-0.3, -0.25) is 9.69 Å². The number of ether oxygens (including phenoxy) is 2. The third kappa shape index (κ3) is 4.49. The molecular weight excluding hydrogens is 434 g/mol. The van der Waals surface area contributed by atoms with Gasteiger partial charge >= 0.3 is 17.9 Å². The second-order valence-electron chi connectivity index (χ2n) is 7.88. The highest BCUT2D eigenvalue weighted by Gasteiger charge is 2.44. The number of rotatable bonds is 6. The van der Waals surface area contributed by atoms with Crippen LogP contribution in [0.15, 0.2) is 36.5 Å². The molecule has 12 nitrogen and oxygen atoms in total. The molecular formula is C21H23N5O7. The highest BCUT2D eigenvalue weighted by atomic mass is 16.6. The van der Waals surface area contributed by atoms with Crippen LogP contribution in [0, 0.1) is 10.1 Å². The summed E-state index contributed by atoms with van der Waals surface area (Å²) in [6.45, 7) is 0.540. The number of aromatic nitrogens is 2. The van der Waals surface area contributed by atoms with Gasteiger partial charge in [-0.25, -0.2) is 9.59 Å². The Hall–Kier alpha value is -3.96. The average Bonchev–Trinajstić information content (AvgIpc) is 3.40. The minimum atomic E-state index is -0.854.